The molecule has 1 aliphatic heterocycles. The maximum Gasteiger partial charge on any atom is 0.254 e. The predicted octanol–water partition coefficient (Wildman–Crippen LogP) is 1.85. The molecule has 0 bridgehead atoms. The average Bonchev–Trinajstić information content (AvgIpc) is 3.01. The molecule has 0 aliphatic carbocycles. The van der Waals surface area contributed by atoms with Gasteiger partial charge in [0.25, 0.3) is 5.91 Å². The number of aromatic nitrogens is 4. The monoisotopic (exact) mass is 305 g/mol. The van der Waals surface area contributed by atoms with Crippen molar-refractivity contribution in [3.8, 4) is 0 Å². The smallest absolute Gasteiger partial charge is 0.254 e. The number of amides is 1. The topological polar surface area (TPSA) is 63.9 Å². The van der Waals surface area contributed by atoms with Gasteiger partial charge >= 0.3 is 0 Å². The lowest BCUT2D eigenvalue weighted by molar-refractivity contribution is 0.0780. The predicted molar refractivity (Wildman–Crippen MR) is 78.1 cm³/mol. The minimum atomic E-state index is -0.0993. The van der Waals surface area contributed by atoms with Gasteiger partial charge in [0.2, 0.25) is 0 Å². The molecule has 0 saturated carbocycles. The lowest BCUT2D eigenvalue weighted by Crippen LogP contribution is -2.27. The molecule has 21 heavy (non-hydrogen) atoms. The Balaban J connectivity index is 1.78. The second kappa shape index (κ2) is 5.44. The molecule has 0 fully saturated rings. The molecule has 7 heteroatoms. The van der Waals surface area contributed by atoms with Crippen LogP contribution in [-0.2, 0) is 19.5 Å². The van der Waals surface area contributed by atoms with E-state index < -0.39 is 0 Å². The van der Waals surface area contributed by atoms with Crippen LogP contribution in [0, 0.1) is 6.92 Å². The summed E-state index contributed by atoms with van der Waals surface area (Å²) in [5.74, 6) is 1.74. The Kier molecular flexibility index (Phi) is 3.63. The number of rotatable bonds is 3. The van der Waals surface area contributed by atoms with Gasteiger partial charge in [-0.1, -0.05) is 11.6 Å². The van der Waals surface area contributed by atoms with Crippen LogP contribution < -0.4 is 0 Å². The Bertz CT molecular complexity index is 676. The van der Waals surface area contributed by atoms with Crippen LogP contribution in [0.2, 0.25) is 5.15 Å². The number of halogens is 1. The SMILES string of the molecule is Cc1cc(C(=O)N(C)Cc2nnc3n2CCC3)cc(Cl)n1. The van der Waals surface area contributed by atoms with Crippen molar-refractivity contribution in [1.82, 2.24) is 24.6 Å². The molecule has 110 valence electrons. The normalized spacial score (nSPS) is 13.3. The summed E-state index contributed by atoms with van der Waals surface area (Å²) in [4.78, 5) is 18.2. The van der Waals surface area contributed by atoms with Crippen molar-refractivity contribution in [2.45, 2.75) is 32.9 Å². The molecule has 2 aromatic rings. The van der Waals surface area contributed by atoms with Crippen LogP contribution in [-0.4, -0.2) is 37.6 Å². The molecule has 0 N–H and O–H groups in total. The van der Waals surface area contributed by atoms with E-state index in [1.165, 1.54) is 0 Å². The van der Waals surface area contributed by atoms with Crippen LogP contribution in [0.4, 0.5) is 0 Å². The minimum Gasteiger partial charge on any atom is -0.334 e. The fourth-order valence-corrected chi connectivity index (χ4v) is 2.83. The number of fused-ring (bicyclic) bond motifs is 1. The number of hydrogen-bond donors (Lipinski definition) is 0. The Morgan fingerprint density at radius 2 is 2.24 bits per heavy atom. The van der Waals surface area contributed by atoms with Gasteiger partial charge in [-0.15, -0.1) is 10.2 Å². The zero-order valence-corrected chi connectivity index (χ0v) is 12.8. The van der Waals surface area contributed by atoms with E-state index in [1.807, 2.05) is 6.92 Å². The summed E-state index contributed by atoms with van der Waals surface area (Å²) in [6.45, 7) is 3.18. The molecule has 0 aromatic carbocycles. The average molecular weight is 306 g/mol. The van der Waals surface area contributed by atoms with Crippen LogP contribution in [0.1, 0.15) is 34.1 Å². The first-order valence-corrected chi connectivity index (χ1v) is 7.23. The number of carbonyl (C=O) groups is 1. The van der Waals surface area contributed by atoms with Gasteiger partial charge in [0.05, 0.1) is 6.54 Å². The van der Waals surface area contributed by atoms with Crippen LogP contribution >= 0.6 is 11.6 Å². The number of hydrogen-bond acceptors (Lipinski definition) is 4. The second-order valence-electron chi connectivity index (χ2n) is 5.27. The van der Waals surface area contributed by atoms with Crippen molar-refractivity contribution in [3.63, 3.8) is 0 Å². The summed E-state index contributed by atoms with van der Waals surface area (Å²) in [6.07, 6.45) is 2.05. The fourth-order valence-electron chi connectivity index (χ4n) is 2.58. The summed E-state index contributed by atoms with van der Waals surface area (Å²) in [6, 6.07) is 3.32. The molecule has 0 atom stereocenters. The largest absolute Gasteiger partial charge is 0.334 e. The van der Waals surface area contributed by atoms with E-state index in [1.54, 1.807) is 24.1 Å². The molecule has 3 heterocycles. The first kappa shape index (κ1) is 14.0. The second-order valence-corrected chi connectivity index (χ2v) is 5.66. The number of pyridine rings is 1. The third-order valence-electron chi connectivity index (χ3n) is 3.58. The molecule has 1 amide bonds. The molecular formula is C14H16ClN5O. The van der Waals surface area contributed by atoms with Crippen molar-refractivity contribution >= 4 is 17.5 Å². The molecule has 3 rings (SSSR count). The van der Waals surface area contributed by atoms with Gasteiger partial charge in [0.15, 0.2) is 5.82 Å². The molecule has 0 unspecified atom stereocenters. The molecule has 6 nitrogen and oxygen atoms in total. The summed E-state index contributed by atoms with van der Waals surface area (Å²) >= 11 is 5.91. The van der Waals surface area contributed by atoms with Crippen molar-refractivity contribution in [3.05, 3.63) is 40.2 Å². The molecule has 0 radical (unpaired) electrons. The molecule has 0 spiro atoms. The van der Waals surface area contributed by atoms with Crippen molar-refractivity contribution < 1.29 is 4.79 Å². The van der Waals surface area contributed by atoms with E-state index in [2.05, 4.69) is 19.7 Å². The van der Waals surface area contributed by atoms with Gasteiger partial charge in [-0.2, -0.15) is 0 Å². The van der Waals surface area contributed by atoms with Crippen LogP contribution in [0.3, 0.4) is 0 Å². The summed E-state index contributed by atoms with van der Waals surface area (Å²) in [5, 5.41) is 8.65. The van der Waals surface area contributed by atoms with Gasteiger partial charge in [-0.3, -0.25) is 4.79 Å². The number of nitrogens with zero attached hydrogens (tertiary/aromatic N) is 5. The Morgan fingerprint density at radius 1 is 1.43 bits per heavy atom. The first-order chi connectivity index (χ1) is 10.0. The highest BCUT2D eigenvalue weighted by Crippen LogP contribution is 2.17. The van der Waals surface area contributed by atoms with E-state index in [-0.39, 0.29) is 5.91 Å². The quantitative estimate of drug-likeness (QED) is 0.812. The summed E-state index contributed by atoms with van der Waals surface area (Å²) < 4.78 is 2.09. The van der Waals surface area contributed by atoms with E-state index in [4.69, 9.17) is 11.6 Å². The van der Waals surface area contributed by atoms with Gasteiger partial charge in [-0.25, -0.2) is 4.98 Å². The summed E-state index contributed by atoms with van der Waals surface area (Å²) in [7, 11) is 1.75. The summed E-state index contributed by atoms with van der Waals surface area (Å²) in [5.41, 5.74) is 1.26. The van der Waals surface area contributed by atoms with Crippen molar-refractivity contribution in [2.75, 3.05) is 7.05 Å². The Hall–Kier alpha value is -1.95. The van der Waals surface area contributed by atoms with Gasteiger partial charge in [0.1, 0.15) is 11.0 Å². The number of aryl methyl sites for hydroxylation is 2. The molecule has 2 aromatic heterocycles. The molecule has 1 aliphatic rings. The van der Waals surface area contributed by atoms with Crippen LogP contribution in [0.5, 0.6) is 0 Å². The van der Waals surface area contributed by atoms with Gasteiger partial charge in [-0.05, 0) is 25.5 Å². The highest BCUT2D eigenvalue weighted by molar-refractivity contribution is 6.29. The fraction of sp³-hybridized carbons (Fsp3) is 0.429. The standard InChI is InChI=1S/C14H16ClN5O/c1-9-6-10(7-11(15)16-9)14(21)19(2)8-13-18-17-12-4-3-5-20(12)13/h6-7H,3-5,8H2,1-2H3. The highest BCUT2D eigenvalue weighted by atomic mass is 35.5. The van der Waals surface area contributed by atoms with E-state index >= 15 is 0 Å². The maximum absolute atomic E-state index is 12.5. The Morgan fingerprint density at radius 3 is 3.00 bits per heavy atom. The van der Waals surface area contributed by atoms with Gasteiger partial charge < -0.3 is 9.47 Å². The van der Waals surface area contributed by atoms with Crippen LogP contribution in [0.25, 0.3) is 0 Å². The zero-order valence-electron chi connectivity index (χ0n) is 12.0. The van der Waals surface area contributed by atoms with E-state index in [9.17, 15) is 4.79 Å². The zero-order chi connectivity index (χ0) is 15.0. The lowest BCUT2D eigenvalue weighted by Gasteiger charge is -2.17. The van der Waals surface area contributed by atoms with Crippen LogP contribution in [0.15, 0.2) is 12.1 Å². The lowest BCUT2D eigenvalue weighted by atomic mass is 10.2. The number of carbonyl (C=O) groups excluding carboxylic acids is 1. The van der Waals surface area contributed by atoms with E-state index in [0.29, 0.717) is 17.3 Å². The highest BCUT2D eigenvalue weighted by Gasteiger charge is 2.20. The van der Waals surface area contributed by atoms with E-state index in [0.717, 1.165) is 36.7 Å². The minimum absolute atomic E-state index is 0.0993. The van der Waals surface area contributed by atoms with Crippen molar-refractivity contribution in [1.29, 1.82) is 0 Å². The van der Waals surface area contributed by atoms with Gasteiger partial charge in [0, 0.05) is 31.3 Å². The Labute approximate surface area is 127 Å². The molecule has 0 saturated heterocycles. The molecular weight excluding hydrogens is 290 g/mol. The van der Waals surface area contributed by atoms with Crippen molar-refractivity contribution in [2.24, 2.45) is 0 Å². The third-order valence-corrected chi connectivity index (χ3v) is 3.77. The first-order valence-electron chi connectivity index (χ1n) is 6.85. The maximum atomic E-state index is 12.5. The third kappa shape index (κ3) is 2.76.